The van der Waals surface area contributed by atoms with Crippen LogP contribution in [-0.4, -0.2) is 22.6 Å². The number of halogens is 1. The van der Waals surface area contributed by atoms with Gasteiger partial charge < -0.3 is 14.7 Å². The first kappa shape index (κ1) is 18.2. The molecule has 0 aliphatic carbocycles. The van der Waals surface area contributed by atoms with Crippen LogP contribution in [0, 0.1) is 12.7 Å². The molecule has 0 fully saturated rings. The number of carbonyl (C=O) groups excluding carboxylic acids is 1. The van der Waals surface area contributed by atoms with Crippen LogP contribution >= 0.6 is 0 Å². The largest absolute Gasteiger partial charge is 0.374 e. The van der Waals surface area contributed by atoms with Gasteiger partial charge in [0.25, 0.3) is 0 Å². The maximum atomic E-state index is 13.8. The lowest BCUT2D eigenvalue weighted by Crippen LogP contribution is -2.25. The van der Waals surface area contributed by atoms with Crippen LogP contribution in [0.25, 0.3) is 11.4 Å². The molecule has 1 aliphatic heterocycles. The lowest BCUT2D eigenvalue weighted by molar-refractivity contribution is -0.116. The minimum atomic E-state index is -0.298. The quantitative estimate of drug-likeness (QED) is 0.732. The Bertz CT molecular complexity index is 1050. The third-order valence-corrected chi connectivity index (χ3v) is 4.98. The second-order valence-electron chi connectivity index (χ2n) is 7.05. The molecule has 1 N–H and O–H groups in total. The Kier molecular flexibility index (Phi) is 4.58. The monoisotopic (exact) mass is 380 g/mol. The summed E-state index contributed by atoms with van der Waals surface area (Å²) in [5, 5.41) is 7.31. The van der Waals surface area contributed by atoms with Crippen LogP contribution in [0.2, 0.25) is 0 Å². The number of rotatable bonds is 4. The molecule has 6 nitrogen and oxygen atoms in total. The molecule has 7 heteroatoms. The zero-order valence-electron chi connectivity index (χ0n) is 16.0. The Balaban J connectivity index is 1.50. The first-order chi connectivity index (χ1) is 13.4. The van der Waals surface area contributed by atoms with Gasteiger partial charge in [0, 0.05) is 30.4 Å². The van der Waals surface area contributed by atoms with E-state index in [1.54, 1.807) is 30.9 Å². The van der Waals surface area contributed by atoms with E-state index in [1.807, 2.05) is 25.1 Å². The second-order valence-corrected chi connectivity index (χ2v) is 7.05. The van der Waals surface area contributed by atoms with Gasteiger partial charge in [0.05, 0.1) is 0 Å². The topological polar surface area (TPSA) is 71.3 Å². The number of aryl methyl sites for hydroxylation is 1. The van der Waals surface area contributed by atoms with Gasteiger partial charge >= 0.3 is 0 Å². The Morgan fingerprint density at radius 2 is 2.11 bits per heavy atom. The lowest BCUT2D eigenvalue weighted by Gasteiger charge is -2.16. The molecule has 1 amide bonds. The number of anilines is 2. The first-order valence-electron chi connectivity index (χ1n) is 9.20. The molecule has 3 aromatic rings. The summed E-state index contributed by atoms with van der Waals surface area (Å²) in [7, 11) is 0. The molecule has 144 valence electrons. The molecule has 28 heavy (non-hydrogen) atoms. The highest BCUT2D eigenvalue weighted by molar-refractivity contribution is 5.94. The van der Waals surface area contributed by atoms with Crippen molar-refractivity contribution in [1.82, 2.24) is 10.1 Å². The molecular formula is C21H21FN4O2. The molecule has 0 saturated carbocycles. The molecule has 0 spiro atoms. The van der Waals surface area contributed by atoms with Gasteiger partial charge in [-0.3, -0.25) is 4.79 Å². The van der Waals surface area contributed by atoms with E-state index in [0.29, 0.717) is 29.4 Å². The highest BCUT2D eigenvalue weighted by Crippen LogP contribution is 2.32. The number of nitrogens with zero attached hydrogens (tertiary/aromatic N) is 3. The highest BCUT2D eigenvalue weighted by atomic mass is 19.1. The van der Waals surface area contributed by atoms with E-state index in [1.165, 1.54) is 6.07 Å². The molecule has 1 unspecified atom stereocenters. The predicted molar refractivity (Wildman–Crippen MR) is 105 cm³/mol. The zero-order chi connectivity index (χ0) is 19.8. The number of aromatic nitrogens is 2. The minimum absolute atomic E-state index is 0.0544. The van der Waals surface area contributed by atoms with Gasteiger partial charge in [-0.05, 0) is 55.7 Å². The van der Waals surface area contributed by atoms with E-state index >= 15 is 0 Å². The van der Waals surface area contributed by atoms with E-state index in [4.69, 9.17) is 4.52 Å². The fourth-order valence-corrected chi connectivity index (χ4v) is 3.39. The van der Waals surface area contributed by atoms with Gasteiger partial charge in [-0.1, -0.05) is 17.3 Å². The van der Waals surface area contributed by atoms with Crippen molar-refractivity contribution in [1.29, 1.82) is 0 Å². The predicted octanol–water partition coefficient (Wildman–Crippen LogP) is 4.27. The maximum Gasteiger partial charge on any atom is 0.249 e. The van der Waals surface area contributed by atoms with Crippen LogP contribution in [0.3, 0.4) is 0 Å². The van der Waals surface area contributed by atoms with Crippen LogP contribution in [0.5, 0.6) is 0 Å². The number of benzene rings is 2. The van der Waals surface area contributed by atoms with Gasteiger partial charge in [0.15, 0.2) is 0 Å². The summed E-state index contributed by atoms with van der Waals surface area (Å²) in [6.07, 6.45) is 0.836. The highest BCUT2D eigenvalue weighted by Gasteiger charge is 2.23. The molecule has 1 aliphatic rings. The maximum absolute atomic E-state index is 13.8. The first-order valence-corrected chi connectivity index (χ1v) is 9.20. The van der Waals surface area contributed by atoms with Crippen molar-refractivity contribution >= 4 is 17.3 Å². The molecule has 1 atom stereocenters. The van der Waals surface area contributed by atoms with Crippen molar-refractivity contribution in [3.8, 4) is 11.4 Å². The molecule has 0 bridgehead atoms. The van der Waals surface area contributed by atoms with Crippen LogP contribution in [0.4, 0.5) is 15.8 Å². The van der Waals surface area contributed by atoms with Gasteiger partial charge in [0.1, 0.15) is 11.9 Å². The number of hydrogen-bond donors (Lipinski definition) is 1. The molecular weight excluding hydrogens is 359 g/mol. The van der Waals surface area contributed by atoms with E-state index in [0.717, 1.165) is 23.4 Å². The Hall–Kier alpha value is -3.22. The summed E-state index contributed by atoms with van der Waals surface area (Å²) in [6.45, 7) is 5.92. The van der Waals surface area contributed by atoms with Crippen LogP contribution in [-0.2, 0) is 11.2 Å². The van der Waals surface area contributed by atoms with Crippen molar-refractivity contribution < 1.29 is 13.7 Å². The summed E-state index contributed by atoms with van der Waals surface area (Å²) in [4.78, 5) is 17.9. The van der Waals surface area contributed by atoms with Gasteiger partial charge in [0.2, 0.25) is 17.6 Å². The van der Waals surface area contributed by atoms with Crippen LogP contribution in [0.1, 0.15) is 36.9 Å². The molecule has 0 saturated heterocycles. The van der Waals surface area contributed by atoms with Gasteiger partial charge in [-0.25, -0.2) is 4.39 Å². The number of fused-ring (bicyclic) bond motifs is 1. The standard InChI is InChI=1S/C21H21FN4O2/c1-12-4-5-16(11-18(12)22)20-24-21(28-25-20)13(2)23-17-6-7-19-15(10-17)8-9-26(19)14(3)27/h4-7,10-11,13,23H,8-9H2,1-3H3. The Morgan fingerprint density at radius 3 is 2.86 bits per heavy atom. The minimum Gasteiger partial charge on any atom is -0.374 e. The van der Waals surface area contributed by atoms with Crippen LogP contribution in [0.15, 0.2) is 40.9 Å². The fourth-order valence-electron chi connectivity index (χ4n) is 3.39. The number of nitrogens with one attached hydrogen (secondary N) is 1. The molecule has 2 aromatic carbocycles. The Labute approximate surface area is 162 Å². The number of amides is 1. The molecule has 4 rings (SSSR count). The lowest BCUT2D eigenvalue weighted by atomic mass is 10.1. The molecule has 0 radical (unpaired) electrons. The SMILES string of the molecule is CC(=O)N1CCc2cc(NC(C)c3nc(-c4ccc(C)c(F)c4)no3)ccc21. The van der Waals surface area contributed by atoms with E-state index < -0.39 is 0 Å². The summed E-state index contributed by atoms with van der Waals surface area (Å²) < 4.78 is 19.1. The molecule has 1 aromatic heterocycles. The van der Waals surface area contributed by atoms with Crippen molar-refractivity contribution in [2.75, 3.05) is 16.8 Å². The van der Waals surface area contributed by atoms with Crippen molar-refractivity contribution in [2.24, 2.45) is 0 Å². The summed E-state index contributed by atoms with van der Waals surface area (Å²) in [5.74, 6) is 0.530. The normalized spacial score (nSPS) is 14.1. The average Bonchev–Trinajstić information content (AvgIpc) is 3.31. The van der Waals surface area contributed by atoms with Crippen molar-refractivity contribution in [3.63, 3.8) is 0 Å². The molecule has 2 heterocycles. The van der Waals surface area contributed by atoms with Gasteiger partial charge in [-0.2, -0.15) is 4.98 Å². The van der Waals surface area contributed by atoms with Crippen molar-refractivity contribution in [2.45, 2.75) is 33.2 Å². The smallest absolute Gasteiger partial charge is 0.249 e. The third-order valence-electron chi connectivity index (χ3n) is 4.98. The van der Waals surface area contributed by atoms with E-state index in [9.17, 15) is 9.18 Å². The number of hydrogen-bond acceptors (Lipinski definition) is 5. The summed E-state index contributed by atoms with van der Waals surface area (Å²) in [5.41, 5.74) is 4.16. The zero-order valence-corrected chi connectivity index (χ0v) is 16.0. The average molecular weight is 380 g/mol. The summed E-state index contributed by atoms with van der Waals surface area (Å²) in [6, 6.07) is 10.6. The second kappa shape index (κ2) is 7.07. The van der Waals surface area contributed by atoms with E-state index in [-0.39, 0.29) is 17.8 Å². The summed E-state index contributed by atoms with van der Waals surface area (Å²) >= 11 is 0. The van der Waals surface area contributed by atoms with Crippen molar-refractivity contribution in [3.05, 3.63) is 59.2 Å². The van der Waals surface area contributed by atoms with E-state index in [2.05, 4.69) is 15.5 Å². The number of carbonyl (C=O) groups is 1. The third kappa shape index (κ3) is 3.35. The van der Waals surface area contributed by atoms with Gasteiger partial charge in [-0.15, -0.1) is 0 Å². The Morgan fingerprint density at radius 1 is 1.29 bits per heavy atom. The van der Waals surface area contributed by atoms with Crippen LogP contribution < -0.4 is 10.2 Å². The fraction of sp³-hybridized carbons (Fsp3) is 0.286.